The van der Waals surface area contributed by atoms with Gasteiger partial charge in [0.15, 0.2) is 5.41 Å². The molecule has 0 fully saturated rings. The van der Waals surface area contributed by atoms with E-state index >= 15 is 0 Å². The summed E-state index contributed by atoms with van der Waals surface area (Å²) in [7, 11) is -3.54. The number of aliphatic imine (C=N–C) groups is 1. The summed E-state index contributed by atoms with van der Waals surface area (Å²) in [5.41, 5.74) is 0.422. The molecule has 8 nitrogen and oxygen atoms in total. The lowest BCUT2D eigenvalue weighted by Crippen LogP contribution is -2.55. The lowest BCUT2D eigenvalue weighted by atomic mass is 9.69. The summed E-state index contributed by atoms with van der Waals surface area (Å²) < 4.78 is 82.9. The number of rotatable bonds is 8. The Hall–Kier alpha value is -3.32. The van der Waals surface area contributed by atoms with Crippen molar-refractivity contribution in [1.82, 2.24) is 4.98 Å². The first-order chi connectivity index (χ1) is 17.4. The van der Waals surface area contributed by atoms with Gasteiger partial charge in [0, 0.05) is 16.9 Å². The van der Waals surface area contributed by atoms with E-state index in [4.69, 9.17) is 15.3 Å². The number of aromatic nitrogens is 1. The van der Waals surface area contributed by atoms with Crippen LogP contribution in [-0.2, 0) is 19.9 Å². The standard InChI is InChI=1S/C25H28F4N4O4S/c1-14-18(25(27,28)29)13-32-22(37-19-8-9-20(26)33-15(19)2)24(14,21(30)34)16-6-5-7-17(12-16)38(31,36)11-10-23(3,4)35/h5-9,12-13,22,31,35H,10-11H2,1-4H3,(H2,30,34). The van der Waals surface area contributed by atoms with Crippen molar-refractivity contribution >= 4 is 21.9 Å². The summed E-state index contributed by atoms with van der Waals surface area (Å²) in [6.07, 6.45) is -6.04. The number of aryl methyl sites for hydroxylation is 1. The van der Waals surface area contributed by atoms with Crippen LogP contribution in [0.4, 0.5) is 17.6 Å². The number of hydrogen-bond donors (Lipinski definition) is 3. The highest BCUT2D eigenvalue weighted by Crippen LogP contribution is 2.45. The van der Waals surface area contributed by atoms with Gasteiger partial charge in [0.25, 0.3) is 0 Å². The molecule has 38 heavy (non-hydrogen) atoms. The second-order valence-electron chi connectivity index (χ2n) is 9.64. The van der Waals surface area contributed by atoms with E-state index in [-0.39, 0.29) is 34.1 Å². The highest BCUT2D eigenvalue weighted by atomic mass is 32.2. The average Bonchev–Trinajstić information content (AvgIpc) is 2.78. The summed E-state index contributed by atoms with van der Waals surface area (Å²) in [5.74, 6) is -2.35. The smallest absolute Gasteiger partial charge is 0.417 e. The van der Waals surface area contributed by atoms with Crippen molar-refractivity contribution in [3.05, 3.63) is 64.7 Å². The van der Waals surface area contributed by atoms with Crippen LogP contribution in [0.5, 0.6) is 5.75 Å². The molecule has 3 atom stereocenters. The Labute approximate surface area is 217 Å². The molecule has 206 valence electrons. The Morgan fingerprint density at radius 3 is 2.45 bits per heavy atom. The molecule has 1 aliphatic heterocycles. The number of alkyl halides is 3. The van der Waals surface area contributed by atoms with Crippen LogP contribution in [0.2, 0.25) is 0 Å². The average molecular weight is 557 g/mol. The molecule has 0 saturated carbocycles. The molecule has 13 heteroatoms. The first-order valence-corrected chi connectivity index (χ1v) is 13.1. The Morgan fingerprint density at radius 2 is 1.89 bits per heavy atom. The lowest BCUT2D eigenvalue weighted by molar-refractivity contribution is -0.125. The van der Waals surface area contributed by atoms with Crippen molar-refractivity contribution in [2.24, 2.45) is 10.7 Å². The van der Waals surface area contributed by atoms with Crippen molar-refractivity contribution < 1.29 is 36.4 Å². The minimum atomic E-state index is -4.90. The van der Waals surface area contributed by atoms with E-state index in [1.54, 1.807) is 0 Å². The number of carbonyl (C=O) groups excluding carboxylic acids is 1. The predicted octanol–water partition coefficient (Wildman–Crippen LogP) is 4.19. The van der Waals surface area contributed by atoms with E-state index in [2.05, 4.69) is 9.98 Å². The number of nitrogens with zero attached hydrogens (tertiary/aromatic N) is 2. The number of carbonyl (C=O) groups is 1. The molecule has 2 heterocycles. The second-order valence-corrected chi connectivity index (χ2v) is 11.9. The Kier molecular flexibility index (Phi) is 7.77. The van der Waals surface area contributed by atoms with Gasteiger partial charge in [-0.1, -0.05) is 12.1 Å². The normalized spacial score (nSPS) is 21.8. The third-order valence-electron chi connectivity index (χ3n) is 6.31. The van der Waals surface area contributed by atoms with Crippen molar-refractivity contribution in [3.63, 3.8) is 0 Å². The van der Waals surface area contributed by atoms with Crippen LogP contribution in [0.3, 0.4) is 0 Å². The Bertz CT molecular complexity index is 1420. The summed E-state index contributed by atoms with van der Waals surface area (Å²) in [6.45, 7) is 5.45. The molecule has 3 rings (SSSR count). The van der Waals surface area contributed by atoms with E-state index in [1.807, 2.05) is 0 Å². The SMILES string of the molecule is CC1=C(C(F)(F)F)C=NC(Oc2ccc(F)nc2C)C1(C(N)=O)c1cccc(S(=N)(=O)CCC(C)(C)O)c1. The number of primary amides is 1. The van der Waals surface area contributed by atoms with E-state index in [1.165, 1.54) is 51.1 Å². The highest BCUT2D eigenvalue weighted by Gasteiger charge is 2.55. The molecule has 0 radical (unpaired) electrons. The zero-order valence-corrected chi connectivity index (χ0v) is 21.9. The minimum absolute atomic E-state index is 0.00451. The molecular formula is C25H28F4N4O4S. The molecule has 1 aliphatic rings. The summed E-state index contributed by atoms with van der Waals surface area (Å²) in [5, 5.41) is 10.0. The van der Waals surface area contributed by atoms with Crippen LogP contribution in [0.15, 0.2) is 57.4 Å². The van der Waals surface area contributed by atoms with Crippen molar-refractivity contribution in [2.45, 2.75) is 62.4 Å². The number of hydrogen-bond acceptors (Lipinski definition) is 7. The molecule has 0 aliphatic carbocycles. The molecule has 0 bridgehead atoms. The van der Waals surface area contributed by atoms with E-state index < -0.39 is 56.2 Å². The van der Waals surface area contributed by atoms with Gasteiger partial charge in [-0.25, -0.2) is 19.0 Å². The number of pyridine rings is 1. The first-order valence-electron chi connectivity index (χ1n) is 11.4. The number of nitrogens with one attached hydrogen (secondary N) is 1. The monoisotopic (exact) mass is 556 g/mol. The van der Waals surface area contributed by atoms with Gasteiger partial charge in [0.05, 0.1) is 26.6 Å². The Morgan fingerprint density at radius 1 is 1.24 bits per heavy atom. The molecule has 2 aromatic rings. The topological polar surface area (TPSA) is 139 Å². The number of aliphatic hydroxyl groups is 1. The van der Waals surface area contributed by atoms with Crippen molar-refractivity contribution in [3.8, 4) is 5.75 Å². The van der Waals surface area contributed by atoms with Crippen LogP contribution in [-0.4, -0.2) is 50.2 Å². The second kappa shape index (κ2) is 10.1. The quantitative estimate of drug-likeness (QED) is 0.331. The molecule has 0 saturated heterocycles. The maximum absolute atomic E-state index is 14.0. The molecule has 4 N–H and O–H groups in total. The number of dihydropyridines is 1. The number of ether oxygens (including phenoxy) is 1. The summed E-state index contributed by atoms with van der Waals surface area (Å²) in [4.78, 5) is 20.6. The molecule has 1 aromatic carbocycles. The van der Waals surface area contributed by atoms with Gasteiger partial charge in [-0.05, 0) is 69.5 Å². The highest BCUT2D eigenvalue weighted by molar-refractivity contribution is 7.92. The van der Waals surface area contributed by atoms with Crippen LogP contribution in [0, 0.1) is 17.7 Å². The fraction of sp³-hybridized carbons (Fsp3) is 0.400. The van der Waals surface area contributed by atoms with Gasteiger partial charge in [-0.2, -0.15) is 17.6 Å². The van der Waals surface area contributed by atoms with E-state index in [9.17, 15) is 31.7 Å². The van der Waals surface area contributed by atoms with Gasteiger partial charge >= 0.3 is 6.18 Å². The van der Waals surface area contributed by atoms with E-state index in [0.717, 1.165) is 13.0 Å². The number of allylic oxidation sites excluding steroid dienone is 1. The molecular weight excluding hydrogens is 528 g/mol. The third-order valence-corrected chi connectivity index (χ3v) is 8.11. The van der Waals surface area contributed by atoms with Gasteiger partial charge in [0.1, 0.15) is 5.75 Å². The van der Waals surface area contributed by atoms with Crippen molar-refractivity contribution in [2.75, 3.05) is 5.75 Å². The fourth-order valence-electron chi connectivity index (χ4n) is 4.18. The number of nitrogens with two attached hydrogens (primary N) is 1. The predicted molar refractivity (Wildman–Crippen MR) is 133 cm³/mol. The lowest BCUT2D eigenvalue weighted by Gasteiger charge is -2.40. The fourth-order valence-corrected chi connectivity index (χ4v) is 5.82. The minimum Gasteiger partial charge on any atom is -0.465 e. The maximum atomic E-state index is 14.0. The molecule has 1 amide bonds. The largest absolute Gasteiger partial charge is 0.465 e. The van der Waals surface area contributed by atoms with Gasteiger partial charge in [0.2, 0.25) is 18.1 Å². The Balaban J connectivity index is 2.25. The van der Waals surface area contributed by atoms with E-state index in [0.29, 0.717) is 6.21 Å². The van der Waals surface area contributed by atoms with Crippen LogP contribution >= 0.6 is 0 Å². The maximum Gasteiger partial charge on any atom is 0.417 e. The van der Waals surface area contributed by atoms with Crippen LogP contribution < -0.4 is 10.5 Å². The van der Waals surface area contributed by atoms with Gasteiger partial charge < -0.3 is 15.6 Å². The number of benzene rings is 1. The van der Waals surface area contributed by atoms with Gasteiger partial charge in [-0.3, -0.25) is 4.79 Å². The summed E-state index contributed by atoms with van der Waals surface area (Å²) in [6, 6.07) is 7.34. The molecule has 1 aromatic heterocycles. The zero-order chi connectivity index (χ0) is 28.7. The molecule has 3 unspecified atom stereocenters. The number of halogens is 4. The third kappa shape index (κ3) is 5.73. The number of amides is 1. The van der Waals surface area contributed by atoms with Gasteiger partial charge in [-0.15, -0.1) is 0 Å². The van der Waals surface area contributed by atoms with Crippen LogP contribution in [0.25, 0.3) is 0 Å². The first kappa shape index (κ1) is 29.2. The molecule has 0 spiro atoms. The zero-order valence-electron chi connectivity index (χ0n) is 21.1. The summed E-state index contributed by atoms with van der Waals surface area (Å²) >= 11 is 0. The van der Waals surface area contributed by atoms with Crippen LogP contribution in [0.1, 0.15) is 38.4 Å². The van der Waals surface area contributed by atoms with Crippen molar-refractivity contribution in [1.29, 1.82) is 4.78 Å².